The van der Waals surface area contributed by atoms with Crippen LogP contribution in [0.25, 0.3) is 11.4 Å². The fourth-order valence-electron chi connectivity index (χ4n) is 4.67. The Bertz CT molecular complexity index is 1400. The first kappa shape index (κ1) is 26.8. The summed E-state index contributed by atoms with van der Waals surface area (Å²) in [6.45, 7) is 2.56. The molecule has 0 aliphatic carbocycles. The fraction of sp³-hybridized carbons (Fsp3) is 0.267. The monoisotopic (exact) mass is 587 g/mol. The van der Waals surface area contributed by atoms with Crippen molar-refractivity contribution in [1.29, 1.82) is 0 Å². The molecular formula is C30H30BrN5O3. The van der Waals surface area contributed by atoms with Crippen molar-refractivity contribution < 1.29 is 14.1 Å². The Morgan fingerprint density at radius 1 is 0.949 bits per heavy atom. The van der Waals surface area contributed by atoms with E-state index in [1.807, 2.05) is 60.7 Å². The largest absolute Gasteiger partial charge is 0.352 e. The van der Waals surface area contributed by atoms with Crippen LogP contribution in [0, 0.1) is 5.92 Å². The smallest absolute Gasteiger partial charge is 0.253 e. The average Bonchev–Trinajstić information content (AvgIpc) is 3.43. The number of carbonyl (C=O) groups excluding carboxylic acids is 2. The fourth-order valence-corrected chi connectivity index (χ4v) is 4.93. The molecule has 4 aromatic rings. The van der Waals surface area contributed by atoms with Crippen LogP contribution in [0.1, 0.15) is 34.7 Å². The first-order chi connectivity index (χ1) is 19.0. The predicted molar refractivity (Wildman–Crippen MR) is 153 cm³/mol. The molecule has 39 heavy (non-hydrogen) atoms. The Balaban J connectivity index is 1.10. The number of halogens is 1. The Morgan fingerprint density at radius 2 is 1.67 bits per heavy atom. The highest BCUT2D eigenvalue weighted by atomic mass is 79.9. The molecule has 1 aliphatic heterocycles. The number of likely N-dealkylation sites (tertiary alicyclic amines) is 1. The second-order valence-corrected chi connectivity index (χ2v) is 10.5. The molecule has 1 aromatic heterocycles. The minimum atomic E-state index is -0.196. The molecule has 3 aromatic carbocycles. The van der Waals surface area contributed by atoms with Gasteiger partial charge < -0.3 is 15.2 Å². The molecule has 200 valence electrons. The number of nitrogens with one attached hydrogen (secondary N) is 2. The second kappa shape index (κ2) is 12.8. The number of hydrogen-bond acceptors (Lipinski definition) is 6. The SMILES string of the molecule is O=C(NCCc1ccccc1)c1ccccc1NC(=O)C1CCN(Cc2nc(-c3ccc(Br)cc3)no2)CC1. The number of rotatable bonds is 9. The molecule has 0 bridgehead atoms. The first-order valence-corrected chi connectivity index (χ1v) is 13.9. The number of para-hydroxylation sites is 1. The van der Waals surface area contributed by atoms with Crippen molar-refractivity contribution in [1.82, 2.24) is 20.4 Å². The van der Waals surface area contributed by atoms with E-state index < -0.39 is 0 Å². The quantitative estimate of drug-likeness (QED) is 0.275. The van der Waals surface area contributed by atoms with Crippen LogP contribution >= 0.6 is 15.9 Å². The summed E-state index contributed by atoms with van der Waals surface area (Å²) in [6.07, 6.45) is 2.17. The van der Waals surface area contributed by atoms with E-state index in [-0.39, 0.29) is 17.7 Å². The van der Waals surface area contributed by atoms with Gasteiger partial charge in [0.15, 0.2) is 0 Å². The van der Waals surface area contributed by atoms with Crippen LogP contribution in [0.4, 0.5) is 5.69 Å². The molecule has 2 amide bonds. The Hall–Kier alpha value is -3.82. The molecule has 1 fully saturated rings. The Kier molecular flexibility index (Phi) is 8.80. The number of hydrogen-bond donors (Lipinski definition) is 2. The number of aromatic nitrogens is 2. The topological polar surface area (TPSA) is 100 Å². The lowest BCUT2D eigenvalue weighted by atomic mass is 9.95. The maximum atomic E-state index is 13.1. The number of carbonyl (C=O) groups is 2. The van der Waals surface area contributed by atoms with Crippen LogP contribution in [0.3, 0.4) is 0 Å². The van der Waals surface area contributed by atoms with Crippen LogP contribution in [-0.4, -0.2) is 46.5 Å². The molecular weight excluding hydrogens is 558 g/mol. The van der Waals surface area contributed by atoms with E-state index >= 15 is 0 Å². The van der Waals surface area contributed by atoms with Crippen molar-refractivity contribution in [3.63, 3.8) is 0 Å². The van der Waals surface area contributed by atoms with Crippen LogP contribution in [0.5, 0.6) is 0 Å². The molecule has 2 heterocycles. The highest BCUT2D eigenvalue weighted by Gasteiger charge is 2.27. The number of anilines is 1. The van der Waals surface area contributed by atoms with Gasteiger partial charge in [-0.1, -0.05) is 63.6 Å². The molecule has 5 rings (SSSR count). The van der Waals surface area contributed by atoms with Crippen LogP contribution in [-0.2, 0) is 17.8 Å². The van der Waals surface area contributed by atoms with Gasteiger partial charge in [-0.2, -0.15) is 4.98 Å². The van der Waals surface area contributed by atoms with Gasteiger partial charge in [-0.25, -0.2) is 0 Å². The van der Waals surface area contributed by atoms with E-state index in [0.29, 0.717) is 48.9 Å². The third-order valence-electron chi connectivity index (χ3n) is 6.86. The zero-order valence-electron chi connectivity index (χ0n) is 21.5. The normalized spacial score (nSPS) is 14.2. The van der Waals surface area contributed by atoms with Gasteiger partial charge in [0.25, 0.3) is 5.91 Å². The number of amides is 2. The zero-order chi connectivity index (χ0) is 27.0. The van der Waals surface area contributed by atoms with E-state index in [4.69, 9.17) is 4.52 Å². The van der Waals surface area contributed by atoms with Gasteiger partial charge in [-0.15, -0.1) is 0 Å². The molecule has 1 saturated heterocycles. The van der Waals surface area contributed by atoms with Crippen LogP contribution in [0.2, 0.25) is 0 Å². The number of benzene rings is 3. The standard InChI is InChI=1S/C30H30BrN5O3/c31-24-12-10-22(11-13-24)28-34-27(39-35-28)20-36-18-15-23(16-19-36)29(37)33-26-9-5-4-8-25(26)30(38)32-17-14-21-6-2-1-3-7-21/h1-13,23H,14-20H2,(H,32,38)(H,33,37). The highest BCUT2D eigenvalue weighted by molar-refractivity contribution is 9.10. The summed E-state index contributed by atoms with van der Waals surface area (Å²) in [7, 11) is 0. The van der Waals surface area contributed by atoms with Gasteiger partial charge >= 0.3 is 0 Å². The molecule has 0 atom stereocenters. The predicted octanol–water partition coefficient (Wildman–Crippen LogP) is 5.32. The lowest BCUT2D eigenvalue weighted by Crippen LogP contribution is -2.38. The van der Waals surface area contributed by atoms with Crippen molar-refractivity contribution in [2.24, 2.45) is 5.92 Å². The van der Waals surface area contributed by atoms with Gasteiger partial charge in [0.1, 0.15) is 0 Å². The maximum absolute atomic E-state index is 13.1. The van der Waals surface area contributed by atoms with Gasteiger partial charge in [0.2, 0.25) is 17.6 Å². The molecule has 1 aliphatic rings. The van der Waals surface area contributed by atoms with Crippen molar-refractivity contribution in [2.45, 2.75) is 25.8 Å². The maximum Gasteiger partial charge on any atom is 0.253 e. The van der Waals surface area contributed by atoms with Gasteiger partial charge in [0, 0.05) is 22.5 Å². The van der Waals surface area contributed by atoms with Crippen molar-refractivity contribution in [3.05, 3.63) is 100 Å². The van der Waals surface area contributed by atoms with E-state index in [1.54, 1.807) is 18.2 Å². The van der Waals surface area contributed by atoms with Crippen molar-refractivity contribution >= 4 is 33.4 Å². The summed E-state index contributed by atoms with van der Waals surface area (Å²) < 4.78 is 6.46. The lowest BCUT2D eigenvalue weighted by molar-refractivity contribution is -0.121. The summed E-state index contributed by atoms with van der Waals surface area (Å²) in [5, 5.41) is 10.1. The molecule has 0 saturated carbocycles. The Labute approximate surface area is 235 Å². The highest BCUT2D eigenvalue weighted by Crippen LogP contribution is 2.24. The van der Waals surface area contributed by atoms with Gasteiger partial charge in [0.05, 0.1) is 17.8 Å². The molecule has 0 spiro atoms. The van der Waals surface area contributed by atoms with Crippen LogP contribution < -0.4 is 10.6 Å². The summed E-state index contributed by atoms with van der Waals surface area (Å²) in [6, 6.07) is 24.9. The first-order valence-electron chi connectivity index (χ1n) is 13.1. The Morgan fingerprint density at radius 3 is 2.44 bits per heavy atom. The van der Waals surface area contributed by atoms with E-state index in [2.05, 4.69) is 41.6 Å². The summed E-state index contributed by atoms with van der Waals surface area (Å²) in [5.74, 6) is 0.738. The zero-order valence-corrected chi connectivity index (χ0v) is 23.1. The molecule has 0 radical (unpaired) electrons. The lowest BCUT2D eigenvalue weighted by Gasteiger charge is -2.30. The van der Waals surface area contributed by atoms with Crippen molar-refractivity contribution in [2.75, 3.05) is 25.0 Å². The van der Waals surface area contributed by atoms with Crippen molar-refractivity contribution in [3.8, 4) is 11.4 Å². The van der Waals surface area contributed by atoms with E-state index in [9.17, 15) is 9.59 Å². The summed E-state index contributed by atoms with van der Waals surface area (Å²) in [4.78, 5) is 32.7. The molecule has 0 unspecified atom stereocenters. The number of nitrogens with zero attached hydrogens (tertiary/aromatic N) is 3. The van der Waals surface area contributed by atoms with E-state index in [0.717, 1.165) is 35.1 Å². The minimum Gasteiger partial charge on any atom is -0.352 e. The van der Waals surface area contributed by atoms with Crippen LogP contribution in [0.15, 0.2) is 87.9 Å². The summed E-state index contributed by atoms with van der Waals surface area (Å²) in [5.41, 5.74) is 3.06. The minimum absolute atomic E-state index is 0.0606. The molecule has 2 N–H and O–H groups in total. The van der Waals surface area contributed by atoms with Gasteiger partial charge in [-0.3, -0.25) is 14.5 Å². The third-order valence-corrected chi connectivity index (χ3v) is 7.39. The second-order valence-electron chi connectivity index (χ2n) is 9.60. The number of piperidine rings is 1. The van der Waals surface area contributed by atoms with E-state index in [1.165, 1.54) is 0 Å². The molecule has 8 nitrogen and oxygen atoms in total. The van der Waals surface area contributed by atoms with Gasteiger partial charge in [-0.05, 0) is 74.3 Å². The third kappa shape index (κ3) is 7.19. The summed E-state index contributed by atoms with van der Waals surface area (Å²) >= 11 is 3.43. The molecule has 9 heteroatoms. The average molecular weight is 589 g/mol.